The van der Waals surface area contributed by atoms with Crippen molar-refractivity contribution >= 4 is 11.3 Å². The Bertz CT molecular complexity index is 336. The predicted molar refractivity (Wildman–Crippen MR) is 67.8 cm³/mol. The number of hydrogen-bond donors (Lipinski definition) is 0. The molecular weight excluding hydrogens is 218 g/mol. The first kappa shape index (κ1) is 12.1. The lowest BCUT2D eigenvalue weighted by Crippen LogP contribution is -2.55. The van der Waals surface area contributed by atoms with Crippen molar-refractivity contribution in [2.24, 2.45) is 5.92 Å². The van der Waals surface area contributed by atoms with Gasteiger partial charge in [-0.25, -0.2) is 5.32 Å². The highest BCUT2D eigenvalue weighted by Gasteiger charge is 2.44. The van der Waals surface area contributed by atoms with Crippen LogP contribution in [-0.4, -0.2) is 18.7 Å². The van der Waals surface area contributed by atoms with E-state index in [1.54, 1.807) is 11.3 Å². The second kappa shape index (κ2) is 4.47. The summed E-state index contributed by atoms with van der Waals surface area (Å²) in [5, 5.41) is 6.91. The van der Waals surface area contributed by atoms with Crippen molar-refractivity contribution in [1.82, 2.24) is 5.32 Å². The maximum absolute atomic E-state index is 6.21. The van der Waals surface area contributed by atoms with Crippen LogP contribution in [-0.2, 0) is 10.3 Å². The largest absolute Gasteiger partial charge is 0.364 e. The summed E-state index contributed by atoms with van der Waals surface area (Å²) >= 11 is 1.77. The van der Waals surface area contributed by atoms with Crippen molar-refractivity contribution < 1.29 is 4.74 Å². The van der Waals surface area contributed by atoms with Gasteiger partial charge in [-0.3, -0.25) is 0 Å². The molecule has 2 heterocycles. The van der Waals surface area contributed by atoms with E-state index in [0.717, 1.165) is 6.54 Å². The van der Waals surface area contributed by atoms with Crippen LogP contribution in [0, 0.1) is 5.92 Å². The molecule has 1 fully saturated rings. The number of hydrogen-bond acceptors (Lipinski definition) is 2. The van der Waals surface area contributed by atoms with Gasteiger partial charge in [-0.1, -0.05) is 19.9 Å². The van der Waals surface area contributed by atoms with Crippen molar-refractivity contribution in [1.29, 1.82) is 0 Å². The topological polar surface area (TPSA) is 23.3 Å². The fourth-order valence-electron chi connectivity index (χ4n) is 2.57. The van der Waals surface area contributed by atoms with Gasteiger partial charge in [0.05, 0.1) is 12.1 Å². The minimum absolute atomic E-state index is 0.224. The predicted octanol–water partition coefficient (Wildman–Crippen LogP) is 3.01. The Kier molecular flexibility index (Phi) is 3.38. The number of thiophene rings is 1. The Balaban J connectivity index is 2.32. The van der Waals surface area contributed by atoms with Crippen LogP contribution < -0.4 is 5.32 Å². The molecule has 1 unspecified atom stereocenters. The Morgan fingerprint density at radius 1 is 1.56 bits per heavy atom. The van der Waals surface area contributed by atoms with Crippen LogP contribution in [0.15, 0.2) is 17.5 Å². The summed E-state index contributed by atoms with van der Waals surface area (Å²) in [5.74, 6) is 0.514. The molecule has 1 aromatic heterocycles. The fraction of sp³-hybridized carbons (Fsp3) is 0.692. The summed E-state index contributed by atoms with van der Waals surface area (Å²) in [6, 6.07) is 4.51. The lowest BCUT2D eigenvalue weighted by atomic mass is 9.84. The Labute approximate surface area is 102 Å². The third-order valence-corrected chi connectivity index (χ3v) is 4.30. The van der Waals surface area contributed by atoms with Crippen LogP contribution in [0.4, 0.5) is 0 Å². The summed E-state index contributed by atoms with van der Waals surface area (Å²) in [7, 11) is 0. The zero-order valence-corrected chi connectivity index (χ0v) is 11.3. The second-order valence-corrected chi connectivity index (χ2v) is 6.01. The molecule has 16 heavy (non-hydrogen) atoms. The molecule has 1 aromatic rings. The van der Waals surface area contributed by atoms with Gasteiger partial charge in [-0.05, 0) is 31.2 Å². The molecule has 89 valence electrons. The monoisotopic (exact) mass is 238 g/mol. The van der Waals surface area contributed by atoms with Gasteiger partial charge in [0, 0.05) is 11.4 Å². The molecule has 3 heteroatoms. The molecular formula is C13H20NOS. The molecule has 1 saturated heterocycles. The van der Waals surface area contributed by atoms with Gasteiger partial charge < -0.3 is 4.74 Å². The van der Waals surface area contributed by atoms with Crippen molar-refractivity contribution in [3.05, 3.63) is 22.4 Å². The summed E-state index contributed by atoms with van der Waals surface area (Å²) in [4.78, 5) is 1.29. The zero-order valence-electron chi connectivity index (χ0n) is 10.4. The fourth-order valence-corrected chi connectivity index (χ4v) is 3.44. The van der Waals surface area contributed by atoms with Gasteiger partial charge in [-0.2, -0.15) is 0 Å². The van der Waals surface area contributed by atoms with E-state index in [1.165, 1.54) is 4.88 Å². The first-order chi connectivity index (χ1) is 7.54. The van der Waals surface area contributed by atoms with Gasteiger partial charge in [0.15, 0.2) is 0 Å². The van der Waals surface area contributed by atoms with Crippen LogP contribution in [0.2, 0.25) is 0 Å². The summed E-state index contributed by atoms with van der Waals surface area (Å²) in [6.45, 7) is 9.55. The number of rotatable bonds is 2. The van der Waals surface area contributed by atoms with Crippen molar-refractivity contribution in [3.8, 4) is 0 Å². The molecule has 0 saturated carbocycles. The minimum Gasteiger partial charge on any atom is -0.364 e. The summed E-state index contributed by atoms with van der Waals surface area (Å²) in [6.07, 6.45) is 0.224. The van der Waals surface area contributed by atoms with E-state index >= 15 is 0 Å². The average Bonchev–Trinajstić information content (AvgIpc) is 2.69. The van der Waals surface area contributed by atoms with E-state index in [9.17, 15) is 0 Å². The third kappa shape index (κ3) is 2.04. The highest BCUT2D eigenvalue weighted by atomic mass is 32.1. The van der Waals surface area contributed by atoms with Crippen molar-refractivity contribution in [3.63, 3.8) is 0 Å². The van der Waals surface area contributed by atoms with Gasteiger partial charge in [0.2, 0.25) is 0 Å². The van der Waals surface area contributed by atoms with Crippen LogP contribution in [0.25, 0.3) is 0 Å². The maximum Gasteiger partial charge on any atom is 0.117 e. The van der Waals surface area contributed by atoms with Gasteiger partial charge in [0.1, 0.15) is 5.60 Å². The number of ether oxygens (including phenoxy) is 1. The highest BCUT2D eigenvalue weighted by Crippen LogP contribution is 2.39. The van der Waals surface area contributed by atoms with Crippen molar-refractivity contribution in [2.75, 3.05) is 6.54 Å². The van der Waals surface area contributed by atoms with Gasteiger partial charge >= 0.3 is 0 Å². The quantitative estimate of drug-likeness (QED) is 0.777. The molecule has 0 spiro atoms. The zero-order chi connectivity index (χ0) is 11.8. The molecule has 2 nitrogen and oxygen atoms in total. The number of morpholine rings is 1. The lowest BCUT2D eigenvalue weighted by Gasteiger charge is -2.45. The molecule has 0 aromatic carbocycles. The Morgan fingerprint density at radius 3 is 2.88 bits per heavy atom. The summed E-state index contributed by atoms with van der Waals surface area (Å²) < 4.78 is 6.21. The molecule has 1 radical (unpaired) electrons. The molecule has 1 aliphatic heterocycles. The van der Waals surface area contributed by atoms with Crippen molar-refractivity contribution in [2.45, 2.75) is 45.4 Å². The van der Waals surface area contributed by atoms with E-state index in [4.69, 9.17) is 10.1 Å². The lowest BCUT2D eigenvalue weighted by molar-refractivity contribution is -0.139. The normalized spacial score (nSPS) is 35.6. The Hall–Kier alpha value is -0.380. The number of nitrogens with zero attached hydrogens (tertiary/aromatic N) is 1. The smallest absolute Gasteiger partial charge is 0.117 e. The SMILES string of the molecule is CC(C)C1[N]C[C@H](C)O[C@@]1(C)c1cccs1. The first-order valence-corrected chi connectivity index (χ1v) is 6.80. The Morgan fingerprint density at radius 2 is 2.31 bits per heavy atom. The second-order valence-electron chi connectivity index (χ2n) is 5.07. The molecule has 0 aliphatic carbocycles. The molecule has 0 bridgehead atoms. The molecule has 0 amide bonds. The molecule has 3 atom stereocenters. The van der Waals surface area contributed by atoms with Crippen LogP contribution in [0.3, 0.4) is 0 Å². The highest BCUT2D eigenvalue weighted by molar-refractivity contribution is 7.10. The van der Waals surface area contributed by atoms with E-state index in [2.05, 4.69) is 45.2 Å². The van der Waals surface area contributed by atoms with E-state index < -0.39 is 0 Å². The van der Waals surface area contributed by atoms with Gasteiger partial charge in [0.25, 0.3) is 0 Å². The minimum atomic E-state index is -0.236. The van der Waals surface area contributed by atoms with Gasteiger partial charge in [-0.15, -0.1) is 11.3 Å². The molecule has 0 N–H and O–H groups in total. The third-order valence-electron chi connectivity index (χ3n) is 3.21. The van der Waals surface area contributed by atoms with Crippen LogP contribution in [0.5, 0.6) is 0 Å². The standard InChI is InChI=1S/C13H20NOS/c1-9(2)12-13(4,11-6-5-7-16-11)15-10(3)8-14-12/h5-7,9-10,12H,8H2,1-4H3/t10-,12?,13-/m0/s1. The maximum atomic E-state index is 6.21. The summed E-state index contributed by atoms with van der Waals surface area (Å²) in [5.41, 5.74) is -0.236. The molecule has 2 rings (SSSR count). The average molecular weight is 238 g/mol. The van der Waals surface area contributed by atoms with E-state index in [1.807, 2.05) is 0 Å². The van der Waals surface area contributed by atoms with Crippen LogP contribution in [0.1, 0.15) is 32.6 Å². The first-order valence-electron chi connectivity index (χ1n) is 5.92. The van der Waals surface area contributed by atoms with Crippen LogP contribution >= 0.6 is 11.3 Å². The van der Waals surface area contributed by atoms with E-state index in [0.29, 0.717) is 5.92 Å². The molecule has 1 aliphatic rings. The van der Waals surface area contributed by atoms with E-state index in [-0.39, 0.29) is 17.7 Å².